The average molecular weight is 338 g/mol. The van der Waals surface area contributed by atoms with Crippen molar-refractivity contribution in [3.63, 3.8) is 0 Å². The molecule has 0 fully saturated rings. The van der Waals surface area contributed by atoms with Gasteiger partial charge in [0.15, 0.2) is 0 Å². The molecule has 25 heavy (non-hydrogen) atoms. The van der Waals surface area contributed by atoms with Crippen molar-refractivity contribution in [2.75, 3.05) is 23.8 Å². The van der Waals surface area contributed by atoms with Crippen LogP contribution in [0.2, 0.25) is 0 Å². The minimum atomic E-state index is -0.277. The summed E-state index contributed by atoms with van der Waals surface area (Å²) in [5.41, 5.74) is 3.26. The molecule has 128 valence electrons. The molecule has 1 heterocycles. The van der Waals surface area contributed by atoms with Crippen molar-refractivity contribution in [2.45, 2.75) is 6.92 Å². The van der Waals surface area contributed by atoms with Gasteiger partial charge in [-0.2, -0.15) is 4.98 Å². The van der Waals surface area contributed by atoms with E-state index in [9.17, 15) is 4.39 Å². The van der Waals surface area contributed by atoms with E-state index in [2.05, 4.69) is 20.6 Å². The fourth-order valence-electron chi connectivity index (χ4n) is 2.42. The van der Waals surface area contributed by atoms with E-state index in [1.54, 1.807) is 6.07 Å². The third-order valence-electron chi connectivity index (χ3n) is 3.64. The molecular weight excluding hydrogens is 319 g/mol. The van der Waals surface area contributed by atoms with Crippen LogP contribution in [0.4, 0.5) is 21.8 Å². The molecule has 0 saturated heterocycles. The van der Waals surface area contributed by atoms with Gasteiger partial charge in [0, 0.05) is 23.9 Å². The van der Waals surface area contributed by atoms with Gasteiger partial charge in [-0.3, -0.25) is 0 Å². The number of halogens is 1. The Bertz CT molecular complexity index is 855. The lowest BCUT2D eigenvalue weighted by molar-refractivity contribution is 0.311. The number of hydrogen-bond donors (Lipinski definition) is 3. The Balaban J connectivity index is 1.96. The number of aliphatic hydroxyl groups excluding tert-OH is 1. The number of rotatable bonds is 6. The lowest BCUT2D eigenvalue weighted by atomic mass is 10.1. The van der Waals surface area contributed by atoms with E-state index in [1.807, 2.05) is 43.3 Å². The van der Waals surface area contributed by atoms with Gasteiger partial charge in [0.25, 0.3) is 0 Å². The summed E-state index contributed by atoms with van der Waals surface area (Å²) in [4.78, 5) is 8.90. The predicted octanol–water partition coefficient (Wildman–Crippen LogP) is 3.74. The predicted molar refractivity (Wildman–Crippen MR) is 97.5 cm³/mol. The van der Waals surface area contributed by atoms with Crippen molar-refractivity contribution in [3.8, 4) is 11.3 Å². The zero-order valence-corrected chi connectivity index (χ0v) is 13.8. The minimum absolute atomic E-state index is 0.0151. The van der Waals surface area contributed by atoms with Crippen molar-refractivity contribution in [2.24, 2.45) is 0 Å². The second-order valence-electron chi connectivity index (χ2n) is 5.56. The molecule has 1 aromatic heterocycles. The van der Waals surface area contributed by atoms with Crippen molar-refractivity contribution >= 4 is 17.5 Å². The molecule has 3 aromatic rings. The van der Waals surface area contributed by atoms with Crippen molar-refractivity contribution in [1.29, 1.82) is 0 Å². The smallest absolute Gasteiger partial charge is 0.225 e. The molecule has 0 spiro atoms. The summed E-state index contributed by atoms with van der Waals surface area (Å²) in [5, 5.41) is 15.2. The fraction of sp³-hybridized carbons (Fsp3) is 0.158. The quantitative estimate of drug-likeness (QED) is 0.639. The summed E-state index contributed by atoms with van der Waals surface area (Å²) < 4.78 is 13.3. The maximum absolute atomic E-state index is 13.3. The second-order valence-corrected chi connectivity index (χ2v) is 5.56. The van der Waals surface area contributed by atoms with Crippen LogP contribution in [0.5, 0.6) is 0 Å². The van der Waals surface area contributed by atoms with Crippen molar-refractivity contribution < 1.29 is 9.50 Å². The summed E-state index contributed by atoms with van der Waals surface area (Å²) in [6.45, 7) is 2.17. The first-order valence-corrected chi connectivity index (χ1v) is 7.98. The van der Waals surface area contributed by atoms with Gasteiger partial charge >= 0.3 is 0 Å². The second kappa shape index (κ2) is 7.72. The van der Waals surface area contributed by atoms with Crippen LogP contribution in [0.3, 0.4) is 0 Å². The maximum Gasteiger partial charge on any atom is 0.225 e. The van der Waals surface area contributed by atoms with Crippen molar-refractivity contribution in [1.82, 2.24) is 9.97 Å². The Morgan fingerprint density at radius 2 is 1.84 bits per heavy atom. The third kappa shape index (κ3) is 4.30. The van der Waals surface area contributed by atoms with Gasteiger partial charge in [0.1, 0.15) is 11.6 Å². The van der Waals surface area contributed by atoms with Crippen LogP contribution < -0.4 is 10.6 Å². The Labute approximate surface area is 145 Å². The van der Waals surface area contributed by atoms with Gasteiger partial charge in [-0.1, -0.05) is 30.3 Å². The lowest BCUT2D eigenvalue weighted by Crippen LogP contribution is -2.10. The van der Waals surface area contributed by atoms with Crippen LogP contribution in [0.1, 0.15) is 5.56 Å². The SMILES string of the molecule is Cc1cc(F)ccc1Nc1cc(-c2ccccc2)nc(NCCO)n1. The molecule has 5 nitrogen and oxygen atoms in total. The number of aromatic nitrogens is 2. The molecule has 0 aliphatic heterocycles. The largest absolute Gasteiger partial charge is 0.395 e. The van der Waals surface area contributed by atoms with Crippen LogP contribution in [-0.4, -0.2) is 28.2 Å². The summed E-state index contributed by atoms with van der Waals surface area (Å²) in [6.07, 6.45) is 0. The van der Waals surface area contributed by atoms with Crippen LogP contribution in [-0.2, 0) is 0 Å². The Morgan fingerprint density at radius 3 is 2.56 bits per heavy atom. The van der Waals surface area contributed by atoms with E-state index in [0.29, 0.717) is 18.3 Å². The number of hydrogen-bond acceptors (Lipinski definition) is 5. The first-order chi connectivity index (χ1) is 12.2. The van der Waals surface area contributed by atoms with E-state index in [1.165, 1.54) is 12.1 Å². The van der Waals surface area contributed by atoms with Crippen LogP contribution in [0.15, 0.2) is 54.6 Å². The van der Waals surface area contributed by atoms with Crippen LogP contribution in [0.25, 0.3) is 11.3 Å². The molecule has 0 unspecified atom stereocenters. The molecule has 2 aromatic carbocycles. The molecule has 0 radical (unpaired) electrons. The molecule has 0 aliphatic rings. The molecule has 6 heteroatoms. The summed E-state index contributed by atoms with van der Waals surface area (Å²) in [5.74, 6) is 0.725. The topological polar surface area (TPSA) is 70.1 Å². The summed E-state index contributed by atoms with van der Waals surface area (Å²) in [6, 6.07) is 16.1. The fourth-order valence-corrected chi connectivity index (χ4v) is 2.42. The first-order valence-electron chi connectivity index (χ1n) is 7.98. The minimum Gasteiger partial charge on any atom is -0.395 e. The van der Waals surface area contributed by atoms with Crippen LogP contribution in [0, 0.1) is 12.7 Å². The molecular formula is C19H19FN4O. The molecule has 3 rings (SSSR count). The molecule has 3 N–H and O–H groups in total. The highest BCUT2D eigenvalue weighted by Crippen LogP contribution is 2.25. The number of anilines is 3. The third-order valence-corrected chi connectivity index (χ3v) is 3.64. The van der Waals surface area contributed by atoms with Gasteiger partial charge in [0.05, 0.1) is 12.3 Å². The van der Waals surface area contributed by atoms with Gasteiger partial charge in [-0.25, -0.2) is 9.37 Å². The highest BCUT2D eigenvalue weighted by Gasteiger charge is 2.08. The maximum atomic E-state index is 13.3. The van der Waals surface area contributed by atoms with Gasteiger partial charge < -0.3 is 15.7 Å². The van der Waals surface area contributed by atoms with Crippen molar-refractivity contribution in [3.05, 3.63) is 66.0 Å². The molecule has 0 saturated carbocycles. The molecule has 0 aliphatic carbocycles. The van der Waals surface area contributed by atoms with E-state index in [0.717, 1.165) is 22.5 Å². The summed E-state index contributed by atoms with van der Waals surface area (Å²) >= 11 is 0. The van der Waals surface area contributed by atoms with Gasteiger partial charge in [-0.05, 0) is 30.7 Å². The van der Waals surface area contributed by atoms with Crippen LogP contribution >= 0.6 is 0 Å². The number of aliphatic hydroxyl groups is 1. The van der Waals surface area contributed by atoms with Gasteiger partial charge in [-0.15, -0.1) is 0 Å². The molecule has 0 amide bonds. The van der Waals surface area contributed by atoms with E-state index in [4.69, 9.17) is 5.11 Å². The zero-order valence-electron chi connectivity index (χ0n) is 13.8. The number of benzene rings is 2. The molecule has 0 atom stereocenters. The normalized spacial score (nSPS) is 10.5. The van der Waals surface area contributed by atoms with Gasteiger partial charge in [0.2, 0.25) is 5.95 Å². The number of nitrogens with one attached hydrogen (secondary N) is 2. The Morgan fingerprint density at radius 1 is 1.04 bits per heavy atom. The van der Waals surface area contributed by atoms with E-state index in [-0.39, 0.29) is 12.4 Å². The Kier molecular flexibility index (Phi) is 5.20. The monoisotopic (exact) mass is 338 g/mol. The number of nitrogens with zero attached hydrogens (tertiary/aromatic N) is 2. The standard InChI is InChI=1S/C19H19FN4O/c1-13-11-15(20)7-8-16(13)22-18-12-17(14-5-3-2-4-6-14)23-19(24-18)21-9-10-25/h2-8,11-12,25H,9-10H2,1H3,(H2,21,22,23,24). The average Bonchev–Trinajstić information content (AvgIpc) is 2.63. The Hall–Kier alpha value is -2.99. The molecule has 0 bridgehead atoms. The first kappa shape index (κ1) is 16.9. The highest BCUT2D eigenvalue weighted by atomic mass is 19.1. The zero-order chi connectivity index (χ0) is 17.6. The van der Waals surface area contributed by atoms with E-state index < -0.39 is 0 Å². The van der Waals surface area contributed by atoms with E-state index >= 15 is 0 Å². The number of aryl methyl sites for hydroxylation is 1. The highest BCUT2D eigenvalue weighted by molar-refractivity contribution is 5.68. The lowest BCUT2D eigenvalue weighted by Gasteiger charge is -2.12. The summed E-state index contributed by atoms with van der Waals surface area (Å²) in [7, 11) is 0.